The number of benzene rings is 2. The zero-order chi connectivity index (χ0) is 13.7. The monoisotopic (exact) mass is 264 g/mol. The molecule has 0 atom stereocenters. The third kappa shape index (κ3) is 3.22. The van der Waals surface area contributed by atoms with Crippen molar-refractivity contribution in [2.24, 2.45) is 0 Å². The van der Waals surface area contributed by atoms with Gasteiger partial charge in [-0.1, -0.05) is 41.9 Å². The summed E-state index contributed by atoms with van der Waals surface area (Å²) in [6.07, 6.45) is 1.56. The summed E-state index contributed by atoms with van der Waals surface area (Å²) >= 11 is 5.97. The van der Waals surface area contributed by atoms with Crippen molar-refractivity contribution >= 4 is 17.7 Å². The van der Waals surface area contributed by atoms with Crippen LogP contribution in [0.4, 0.5) is 0 Å². The highest BCUT2D eigenvalue weighted by Gasteiger charge is 2.00. The highest BCUT2D eigenvalue weighted by molar-refractivity contribution is 6.30. The maximum Gasteiger partial charge on any atom is 0.130 e. The van der Waals surface area contributed by atoms with Gasteiger partial charge in [0.2, 0.25) is 0 Å². The van der Waals surface area contributed by atoms with Crippen LogP contribution in [-0.4, -0.2) is 0 Å². The van der Waals surface area contributed by atoms with Gasteiger partial charge in [-0.2, -0.15) is 10.5 Å². The van der Waals surface area contributed by atoms with E-state index in [0.717, 1.165) is 16.7 Å². The minimum atomic E-state index is 0.0863. The molecule has 0 N–H and O–H groups in total. The van der Waals surface area contributed by atoms with E-state index in [1.165, 1.54) is 0 Å². The quantitative estimate of drug-likeness (QED) is 0.753. The first-order chi connectivity index (χ1) is 9.22. The summed E-state index contributed by atoms with van der Waals surface area (Å²) in [5.74, 6) is 0. The fourth-order valence-electron chi connectivity index (χ4n) is 1.73. The summed E-state index contributed by atoms with van der Waals surface area (Å²) < 4.78 is 0. The van der Waals surface area contributed by atoms with Crippen LogP contribution < -0.4 is 0 Å². The van der Waals surface area contributed by atoms with Gasteiger partial charge in [0.25, 0.3) is 0 Å². The van der Waals surface area contributed by atoms with Crippen molar-refractivity contribution in [1.82, 2.24) is 0 Å². The molecule has 3 heteroatoms. The zero-order valence-electron chi connectivity index (χ0n) is 9.97. The summed E-state index contributed by atoms with van der Waals surface area (Å²) in [6, 6.07) is 18.8. The van der Waals surface area contributed by atoms with E-state index in [0.29, 0.717) is 5.02 Å². The first-order valence-electron chi connectivity index (χ1n) is 5.61. The number of hydrogen-bond donors (Lipinski definition) is 0. The molecule has 0 unspecified atom stereocenters. The van der Waals surface area contributed by atoms with Gasteiger partial charge in [0.15, 0.2) is 0 Å². The highest BCUT2D eigenvalue weighted by Crippen LogP contribution is 2.24. The second-order valence-corrected chi connectivity index (χ2v) is 4.35. The summed E-state index contributed by atoms with van der Waals surface area (Å²) in [7, 11) is 0. The molecule has 0 aliphatic carbocycles. The molecule has 19 heavy (non-hydrogen) atoms. The lowest BCUT2D eigenvalue weighted by Crippen LogP contribution is -1.81. The average molecular weight is 265 g/mol. The lowest BCUT2D eigenvalue weighted by molar-refractivity contribution is 1.47. The van der Waals surface area contributed by atoms with Crippen molar-refractivity contribution in [1.29, 1.82) is 10.5 Å². The Kier molecular flexibility index (Phi) is 3.98. The number of nitriles is 2. The van der Waals surface area contributed by atoms with Crippen LogP contribution in [0.3, 0.4) is 0 Å². The molecule has 0 saturated carbocycles. The van der Waals surface area contributed by atoms with Gasteiger partial charge in [-0.25, -0.2) is 0 Å². The molecule has 0 aromatic heterocycles. The van der Waals surface area contributed by atoms with E-state index in [1.807, 2.05) is 60.7 Å². The Morgan fingerprint density at radius 2 is 1.58 bits per heavy atom. The Hall–Kier alpha value is -2.55. The van der Waals surface area contributed by atoms with Crippen LogP contribution in [0.5, 0.6) is 0 Å². The summed E-state index contributed by atoms with van der Waals surface area (Å²) in [6.45, 7) is 0. The molecule has 0 spiro atoms. The topological polar surface area (TPSA) is 47.6 Å². The molecule has 2 rings (SSSR count). The van der Waals surface area contributed by atoms with Crippen molar-refractivity contribution in [2.45, 2.75) is 0 Å². The molecule has 0 heterocycles. The van der Waals surface area contributed by atoms with Gasteiger partial charge in [0.05, 0.1) is 0 Å². The lowest BCUT2D eigenvalue weighted by Gasteiger charge is -2.03. The number of allylic oxidation sites excluding steroid dienone is 1. The molecule has 2 nitrogen and oxygen atoms in total. The Bertz CT molecular complexity index is 702. The van der Waals surface area contributed by atoms with Crippen LogP contribution in [0.15, 0.2) is 54.1 Å². The van der Waals surface area contributed by atoms with E-state index in [4.69, 9.17) is 22.1 Å². The molecule has 0 aliphatic heterocycles. The standard InChI is InChI=1S/C16H9ClN2/c17-16-6-2-5-15(9-16)14-4-1-3-12(8-14)7-13(10-18)11-19/h1-9H. The first kappa shape index (κ1) is 12.9. The summed E-state index contributed by atoms with van der Waals surface area (Å²) in [4.78, 5) is 0. The predicted molar refractivity (Wildman–Crippen MR) is 76.1 cm³/mol. The largest absolute Gasteiger partial charge is 0.192 e. The van der Waals surface area contributed by atoms with Crippen LogP contribution in [0.25, 0.3) is 17.2 Å². The molecule has 2 aromatic rings. The molecular weight excluding hydrogens is 256 g/mol. The van der Waals surface area contributed by atoms with E-state index in [-0.39, 0.29) is 5.57 Å². The predicted octanol–water partition coefficient (Wildman–Crippen LogP) is 4.44. The van der Waals surface area contributed by atoms with E-state index in [1.54, 1.807) is 6.08 Å². The molecule has 0 bridgehead atoms. The Morgan fingerprint density at radius 1 is 0.947 bits per heavy atom. The molecule has 0 saturated heterocycles. The van der Waals surface area contributed by atoms with Crippen molar-refractivity contribution < 1.29 is 0 Å². The maximum atomic E-state index is 8.75. The normalized spacial score (nSPS) is 9.21. The smallest absolute Gasteiger partial charge is 0.130 e. The van der Waals surface area contributed by atoms with Gasteiger partial charge < -0.3 is 0 Å². The van der Waals surface area contributed by atoms with Gasteiger partial charge in [0, 0.05) is 5.02 Å². The van der Waals surface area contributed by atoms with E-state index >= 15 is 0 Å². The maximum absolute atomic E-state index is 8.75. The van der Waals surface area contributed by atoms with E-state index < -0.39 is 0 Å². The molecule has 0 fully saturated rings. The summed E-state index contributed by atoms with van der Waals surface area (Å²) in [5.41, 5.74) is 2.89. The number of rotatable bonds is 2. The second kappa shape index (κ2) is 5.87. The fraction of sp³-hybridized carbons (Fsp3) is 0. The SMILES string of the molecule is N#CC(C#N)=Cc1cccc(-c2cccc(Cl)c2)c1. The molecule has 2 aromatic carbocycles. The Labute approximate surface area is 116 Å². The van der Waals surface area contributed by atoms with Crippen LogP contribution in [0.2, 0.25) is 5.02 Å². The van der Waals surface area contributed by atoms with Crippen molar-refractivity contribution in [2.75, 3.05) is 0 Å². The Morgan fingerprint density at radius 3 is 2.21 bits per heavy atom. The van der Waals surface area contributed by atoms with E-state index in [9.17, 15) is 0 Å². The molecule has 0 radical (unpaired) electrons. The Balaban J connectivity index is 2.44. The minimum Gasteiger partial charge on any atom is -0.192 e. The molecular formula is C16H9ClN2. The number of hydrogen-bond acceptors (Lipinski definition) is 2. The van der Waals surface area contributed by atoms with Crippen LogP contribution >= 0.6 is 11.6 Å². The average Bonchev–Trinajstić information content (AvgIpc) is 2.45. The highest BCUT2D eigenvalue weighted by atomic mass is 35.5. The molecule has 90 valence electrons. The fourth-order valence-corrected chi connectivity index (χ4v) is 1.92. The minimum absolute atomic E-state index is 0.0863. The second-order valence-electron chi connectivity index (χ2n) is 3.92. The third-order valence-electron chi connectivity index (χ3n) is 2.60. The zero-order valence-corrected chi connectivity index (χ0v) is 10.7. The lowest BCUT2D eigenvalue weighted by atomic mass is 10.0. The number of halogens is 1. The van der Waals surface area contributed by atoms with Gasteiger partial charge in [-0.05, 0) is 41.0 Å². The van der Waals surface area contributed by atoms with Crippen molar-refractivity contribution in [3.05, 3.63) is 64.7 Å². The van der Waals surface area contributed by atoms with Crippen LogP contribution in [-0.2, 0) is 0 Å². The van der Waals surface area contributed by atoms with Gasteiger partial charge in [-0.15, -0.1) is 0 Å². The number of nitrogens with zero attached hydrogens (tertiary/aromatic N) is 2. The van der Waals surface area contributed by atoms with Crippen LogP contribution in [0, 0.1) is 22.7 Å². The van der Waals surface area contributed by atoms with Crippen molar-refractivity contribution in [3.8, 4) is 23.3 Å². The van der Waals surface area contributed by atoms with Gasteiger partial charge in [0.1, 0.15) is 17.7 Å². The van der Waals surface area contributed by atoms with Gasteiger partial charge >= 0.3 is 0 Å². The van der Waals surface area contributed by atoms with Gasteiger partial charge in [-0.3, -0.25) is 0 Å². The molecule has 0 amide bonds. The van der Waals surface area contributed by atoms with Crippen molar-refractivity contribution in [3.63, 3.8) is 0 Å². The molecule has 0 aliphatic rings. The first-order valence-corrected chi connectivity index (χ1v) is 5.98. The summed E-state index contributed by atoms with van der Waals surface area (Å²) in [5, 5.41) is 18.2. The third-order valence-corrected chi connectivity index (χ3v) is 2.83. The van der Waals surface area contributed by atoms with Crippen LogP contribution in [0.1, 0.15) is 5.56 Å². The van der Waals surface area contributed by atoms with E-state index in [2.05, 4.69) is 0 Å².